The van der Waals surface area contributed by atoms with E-state index in [2.05, 4.69) is 4.98 Å². The van der Waals surface area contributed by atoms with Crippen LogP contribution in [0.15, 0.2) is 42.6 Å². The molecule has 0 bridgehead atoms. The summed E-state index contributed by atoms with van der Waals surface area (Å²) in [5.74, 6) is 1.68. The number of aromatic nitrogens is 1. The van der Waals surface area contributed by atoms with Gasteiger partial charge in [0.1, 0.15) is 5.82 Å². The molecule has 184 valence electrons. The Morgan fingerprint density at radius 3 is 2.56 bits per heavy atom. The van der Waals surface area contributed by atoms with E-state index in [-0.39, 0.29) is 5.91 Å². The van der Waals surface area contributed by atoms with Gasteiger partial charge in [0, 0.05) is 38.5 Å². The number of amides is 1. The Bertz CT molecular complexity index is 978. The Hall–Kier alpha value is -3.23. The summed E-state index contributed by atoms with van der Waals surface area (Å²) in [5.41, 5.74) is 0.0523. The van der Waals surface area contributed by atoms with Crippen LogP contribution in [0, 0.1) is 0 Å². The first-order valence-electron chi connectivity index (χ1n) is 11.5. The summed E-state index contributed by atoms with van der Waals surface area (Å²) in [6.45, 7) is 7.17. The third-order valence-electron chi connectivity index (χ3n) is 5.35. The summed E-state index contributed by atoms with van der Waals surface area (Å²) in [5, 5.41) is 0. The number of carbonyl (C=O) groups is 1. The SMILES string of the molecule is CCCOc1ccc(/C=C/C(=O)N2CCCN(c3ccc(C(F)(F)F)cn3)CC2)cc1OCC. The molecule has 1 aromatic carbocycles. The molecule has 1 amide bonds. The number of rotatable bonds is 8. The molecular weight excluding hydrogens is 447 g/mol. The second-order valence-electron chi connectivity index (χ2n) is 7.89. The van der Waals surface area contributed by atoms with Crippen LogP contribution in [0.5, 0.6) is 11.5 Å². The molecule has 1 aromatic heterocycles. The maximum absolute atomic E-state index is 12.8. The zero-order chi connectivity index (χ0) is 24.6. The fourth-order valence-corrected chi connectivity index (χ4v) is 3.61. The molecule has 0 atom stereocenters. The number of halogens is 3. The molecule has 6 nitrogen and oxygen atoms in total. The van der Waals surface area contributed by atoms with Gasteiger partial charge in [-0.3, -0.25) is 4.79 Å². The van der Waals surface area contributed by atoms with Crippen molar-refractivity contribution in [2.75, 3.05) is 44.3 Å². The van der Waals surface area contributed by atoms with Crippen LogP contribution in [0.25, 0.3) is 6.08 Å². The van der Waals surface area contributed by atoms with Gasteiger partial charge in [0.05, 0.1) is 18.8 Å². The van der Waals surface area contributed by atoms with Crippen LogP contribution in [0.1, 0.15) is 37.8 Å². The van der Waals surface area contributed by atoms with Gasteiger partial charge in [0.15, 0.2) is 11.5 Å². The Kier molecular flexibility index (Phi) is 8.79. The molecule has 1 aliphatic rings. The lowest BCUT2D eigenvalue weighted by atomic mass is 10.2. The quantitative estimate of drug-likeness (QED) is 0.499. The molecule has 2 heterocycles. The highest BCUT2D eigenvalue weighted by atomic mass is 19.4. The Balaban J connectivity index is 1.61. The van der Waals surface area contributed by atoms with Gasteiger partial charge in [-0.2, -0.15) is 13.2 Å². The van der Waals surface area contributed by atoms with E-state index >= 15 is 0 Å². The third-order valence-corrected chi connectivity index (χ3v) is 5.35. The van der Waals surface area contributed by atoms with Crippen molar-refractivity contribution >= 4 is 17.8 Å². The second-order valence-corrected chi connectivity index (χ2v) is 7.89. The number of hydrogen-bond donors (Lipinski definition) is 0. The minimum Gasteiger partial charge on any atom is -0.490 e. The molecule has 1 saturated heterocycles. The van der Waals surface area contributed by atoms with Crippen LogP contribution in [0.4, 0.5) is 19.0 Å². The highest BCUT2D eigenvalue weighted by Gasteiger charge is 2.31. The normalized spacial score (nSPS) is 14.9. The lowest BCUT2D eigenvalue weighted by Crippen LogP contribution is -2.34. The highest BCUT2D eigenvalue weighted by Crippen LogP contribution is 2.30. The molecule has 34 heavy (non-hydrogen) atoms. The zero-order valence-electron chi connectivity index (χ0n) is 19.5. The number of alkyl halides is 3. The van der Waals surface area contributed by atoms with E-state index in [9.17, 15) is 18.0 Å². The minimum atomic E-state index is -4.41. The average Bonchev–Trinajstić information content (AvgIpc) is 3.08. The van der Waals surface area contributed by atoms with E-state index < -0.39 is 11.7 Å². The van der Waals surface area contributed by atoms with E-state index in [1.807, 2.05) is 36.9 Å². The number of nitrogens with zero attached hydrogens (tertiary/aromatic N) is 3. The Labute approximate surface area is 198 Å². The molecule has 0 radical (unpaired) electrons. The number of pyridine rings is 1. The van der Waals surface area contributed by atoms with E-state index in [4.69, 9.17) is 9.47 Å². The molecule has 2 aromatic rings. The van der Waals surface area contributed by atoms with Crippen LogP contribution in [-0.2, 0) is 11.0 Å². The maximum Gasteiger partial charge on any atom is 0.417 e. The van der Waals surface area contributed by atoms with Gasteiger partial charge in [-0.1, -0.05) is 13.0 Å². The molecule has 0 saturated carbocycles. The molecule has 3 rings (SSSR count). The van der Waals surface area contributed by atoms with Crippen molar-refractivity contribution in [2.24, 2.45) is 0 Å². The van der Waals surface area contributed by atoms with Crippen molar-refractivity contribution in [3.8, 4) is 11.5 Å². The smallest absolute Gasteiger partial charge is 0.417 e. The first-order valence-corrected chi connectivity index (χ1v) is 11.5. The van der Waals surface area contributed by atoms with Gasteiger partial charge in [-0.15, -0.1) is 0 Å². The second kappa shape index (κ2) is 11.8. The molecule has 0 spiro atoms. The third kappa shape index (κ3) is 6.88. The van der Waals surface area contributed by atoms with Crippen LogP contribution < -0.4 is 14.4 Å². The summed E-state index contributed by atoms with van der Waals surface area (Å²) in [4.78, 5) is 20.4. The largest absolute Gasteiger partial charge is 0.490 e. The Morgan fingerprint density at radius 2 is 1.88 bits per heavy atom. The number of ether oxygens (including phenoxy) is 2. The van der Waals surface area contributed by atoms with Gasteiger partial charge in [-0.25, -0.2) is 4.98 Å². The highest BCUT2D eigenvalue weighted by molar-refractivity contribution is 5.92. The number of hydrogen-bond acceptors (Lipinski definition) is 5. The lowest BCUT2D eigenvalue weighted by Gasteiger charge is -2.22. The number of anilines is 1. The Morgan fingerprint density at radius 1 is 1.06 bits per heavy atom. The summed E-state index contributed by atoms with van der Waals surface area (Å²) < 4.78 is 49.7. The van der Waals surface area contributed by atoms with Crippen LogP contribution in [-0.4, -0.2) is 55.2 Å². The summed E-state index contributed by atoms with van der Waals surface area (Å²) >= 11 is 0. The van der Waals surface area contributed by atoms with Gasteiger partial charge in [0.2, 0.25) is 5.91 Å². The van der Waals surface area contributed by atoms with Crippen molar-refractivity contribution in [1.82, 2.24) is 9.88 Å². The van der Waals surface area contributed by atoms with E-state index in [0.29, 0.717) is 63.1 Å². The fourth-order valence-electron chi connectivity index (χ4n) is 3.61. The standard InChI is InChI=1S/C25H30F3N3O3/c1-3-16-34-21-9-6-19(17-22(21)33-4-2)7-11-24(32)31-13-5-12-30(14-15-31)23-10-8-20(18-29-23)25(26,27)28/h6-11,17-18H,3-5,12-16H2,1-2H3/b11-7+. The van der Waals surface area contributed by atoms with Crippen molar-refractivity contribution in [2.45, 2.75) is 32.9 Å². The van der Waals surface area contributed by atoms with E-state index in [0.717, 1.165) is 24.2 Å². The lowest BCUT2D eigenvalue weighted by molar-refractivity contribution is -0.137. The van der Waals surface area contributed by atoms with Crippen molar-refractivity contribution in [1.29, 1.82) is 0 Å². The average molecular weight is 478 g/mol. The van der Waals surface area contributed by atoms with Crippen LogP contribution >= 0.6 is 0 Å². The van der Waals surface area contributed by atoms with Crippen molar-refractivity contribution in [3.63, 3.8) is 0 Å². The predicted molar refractivity (Wildman–Crippen MR) is 125 cm³/mol. The summed E-state index contributed by atoms with van der Waals surface area (Å²) in [6.07, 6.45) is 1.30. The van der Waals surface area contributed by atoms with Crippen LogP contribution in [0.2, 0.25) is 0 Å². The van der Waals surface area contributed by atoms with Gasteiger partial charge in [0.25, 0.3) is 0 Å². The molecular formula is C25H30F3N3O3. The minimum absolute atomic E-state index is 0.119. The van der Waals surface area contributed by atoms with E-state index in [1.165, 1.54) is 12.1 Å². The van der Waals surface area contributed by atoms with Crippen molar-refractivity contribution < 1.29 is 27.4 Å². The first-order chi connectivity index (χ1) is 16.3. The van der Waals surface area contributed by atoms with Gasteiger partial charge < -0.3 is 19.3 Å². The van der Waals surface area contributed by atoms with Gasteiger partial charge in [-0.05, 0) is 55.7 Å². The molecule has 0 N–H and O–H groups in total. The zero-order valence-corrected chi connectivity index (χ0v) is 19.5. The monoisotopic (exact) mass is 477 g/mol. The van der Waals surface area contributed by atoms with Crippen LogP contribution in [0.3, 0.4) is 0 Å². The predicted octanol–water partition coefficient (Wildman–Crippen LogP) is 5.04. The van der Waals surface area contributed by atoms with E-state index in [1.54, 1.807) is 11.0 Å². The van der Waals surface area contributed by atoms with Gasteiger partial charge >= 0.3 is 6.18 Å². The molecule has 0 unspecified atom stereocenters. The number of benzene rings is 1. The summed E-state index contributed by atoms with van der Waals surface area (Å²) in [7, 11) is 0. The first kappa shape index (κ1) is 25.4. The number of carbonyl (C=O) groups excluding carboxylic acids is 1. The maximum atomic E-state index is 12.8. The molecule has 1 aliphatic heterocycles. The fraction of sp³-hybridized carbons (Fsp3) is 0.440. The molecule has 9 heteroatoms. The molecule has 1 fully saturated rings. The van der Waals surface area contributed by atoms with Crippen molar-refractivity contribution in [3.05, 3.63) is 53.7 Å². The topological polar surface area (TPSA) is 54.9 Å². The summed E-state index contributed by atoms with van der Waals surface area (Å²) in [6, 6.07) is 7.97. The molecule has 0 aliphatic carbocycles.